The molecule has 3 aromatic rings. The quantitative estimate of drug-likeness (QED) is 0.419. The number of carbonyl (C=O) groups is 2. The summed E-state index contributed by atoms with van der Waals surface area (Å²) in [6.07, 6.45) is 4.93. The molecule has 3 N–H and O–H groups in total. The third-order valence-corrected chi connectivity index (χ3v) is 8.07. The highest BCUT2D eigenvalue weighted by molar-refractivity contribution is 5.94. The second-order valence-electron chi connectivity index (χ2n) is 10.6. The molecule has 2 aliphatic heterocycles. The third kappa shape index (κ3) is 6.47. The molecular formula is C31H32FN5O4. The van der Waals surface area contributed by atoms with Gasteiger partial charge in [-0.3, -0.25) is 14.6 Å². The first-order valence-corrected chi connectivity index (χ1v) is 13.8. The monoisotopic (exact) mass is 557 g/mol. The van der Waals surface area contributed by atoms with Gasteiger partial charge in [0.2, 0.25) is 0 Å². The molecule has 9 nitrogen and oxygen atoms in total. The number of phenols is 1. The lowest BCUT2D eigenvalue weighted by Crippen LogP contribution is -2.48. The zero-order chi connectivity index (χ0) is 28.9. The SMILES string of the molecule is N#Cc1ccc(C(=O)N2CCC(N3CCC(c4ncc(C(=O)NCc5ccc(F)c(O)c5)cc4O)CC3)CC2)cc1. The minimum atomic E-state index is -0.728. The lowest BCUT2D eigenvalue weighted by atomic mass is 9.90. The van der Waals surface area contributed by atoms with Gasteiger partial charge in [0.15, 0.2) is 11.6 Å². The molecule has 0 bridgehead atoms. The van der Waals surface area contributed by atoms with Crippen LogP contribution in [0.5, 0.6) is 11.5 Å². The molecule has 0 saturated carbocycles. The molecule has 10 heteroatoms. The molecule has 0 spiro atoms. The van der Waals surface area contributed by atoms with Gasteiger partial charge < -0.3 is 25.3 Å². The summed E-state index contributed by atoms with van der Waals surface area (Å²) in [4.78, 5) is 34.2. The summed E-state index contributed by atoms with van der Waals surface area (Å²) in [5.74, 6) is -1.56. The fourth-order valence-electron chi connectivity index (χ4n) is 5.70. The Hall–Kier alpha value is -4.49. The van der Waals surface area contributed by atoms with E-state index in [0.717, 1.165) is 44.8 Å². The Kier molecular flexibility index (Phi) is 8.45. The summed E-state index contributed by atoms with van der Waals surface area (Å²) >= 11 is 0. The van der Waals surface area contributed by atoms with Crippen molar-refractivity contribution >= 4 is 11.8 Å². The van der Waals surface area contributed by atoms with Crippen LogP contribution in [-0.4, -0.2) is 69.0 Å². The molecule has 0 unspecified atom stereocenters. The van der Waals surface area contributed by atoms with Crippen molar-refractivity contribution in [1.29, 1.82) is 5.26 Å². The Bertz CT molecular complexity index is 1460. The first kappa shape index (κ1) is 28.1. The first-order chi connectivity index (χ1) is 19.8. The zero-order valence-electron chi connectivity index (χ0n) is 22.6. The van der Waals surface area contributed by atoms with Crippen LogP contribution in [0.1, 0.15) is 69.1 Å². The Morgan fingerprint density at radius 3 is 2.29 bits per heavy atom. The average molecular weight is 558 g/mol. The average Bonchev–Trinajstić information content (AvgIpc) is 3.01. The standard InChI is InChI=1S/C31H32FN5O4/c32-26-6-3-21(15-27(26)38)18-35-30(40)24-16-28(39)29(34-19-24)22-7-11-36(12-8-22)25-9-13-37(14-10-25)31(41)23-4-1-20(17-33)2-5-23/h1-6,15-16,19,22,25,38-39H,7-14,18H2,(H,35,40). The van der Waals surface area contributed by atoms with Gasteiger partial charge in [-0.2, -0.15) is 5.26 Å². The number of carbonyl (C=O) groups excluding carboxylic acids is 2. The normalized spacial score (nSPS) is 16.7. The van der Waals surface area contributed by atoms with E-state index in [4.69, 9.17) is 5.26 Å². The van der Waals surface area contributed by atoms with E-state index in [9.17, 15) is 24.2 Å². The van der Waals surface area contributed by atoms with Gasteiger partial charge in [0.25, 0.3) is 11.8 Å². The second kappa shape index (κ2) is 12.4. The predicted octanol–water partition coefficient (Wildman–Crippen LogP) is 3.92. The number of aromatic nitrogens is 1. The predicted molar refractivity (Wildman–Crippen MR) is 149 cm³/mol. The van der Waals surface area contributed by atoms with E-state index in [-0.39, 0.29) is 29.7 Å². The number of hydrogen-bond acceptors (Lipinski definition) is 7. The lowest BCUT2D eigenvalue weighted by Gasteiger charge is -2.41. The van der Waals surface area contributed by atoms with Crippen LogP contribution in [-0.2, 0) is 6.54 Å². The molecule has 2 fully saturated rings. The number of nitriles is 1. The van der Waals surface area contributed by atoms with Gasteiger partial charge in [-0.1, -0.05) is 6.07 Å². The molecular weight excluding hydrogens is 525 g/mol. The minimum absolute atomic E-state index is 0.0000730. The molecule has 0 atom stereocenters. The summed E-state index contributed by atoms with van der Waals surface area (Å²) < 4.78 is 13.2. The Balaban J connectivity index is 1.10. The van der Waals surface area contributed by atoms with E-state index in [1.165, 1.54) is 24.4 Å². The highest BCUT2D eigenvalue weighted by Crippen LogP contribution is 2.34. The molecule has 2 aromatic carbocycles. The van der Waals surface area contributed by atoms with Crippen LogP contribution in [0.15, 0.2) is 54.7 Å². The van der Waals surface area contributed by atoms with Crippen molar-refractivity contribution in [2.24, 2.45) is 0 Å². The number of hydrogen-bond donors (Lipinski definition) is 3. The highest BCUT2D eigenvalue weighted by Gasteiger charge is 2.31. The topological polar surface area (TPSA) is 130 Å². The number of rotatable bonds is 6. The number of aromatic hydroxyl groups is 2. The van der Waals surface area contributed by atoms with Crippen LogP contribution in [0.25, 0.3) is 0 Å². The molecule has 0 radical (unpaired) electrons. The fraction of sp³-hybridized carbons (Fsp3) is 0.355. The maximum absolute atomic E-state index is 13.2. The Labute approximate surface area is 237 Å². The molecule has 1 aromatic heterocycles. The number of amides is 2. The molecule has 5 rings (SSSR count). The lowest BCUT2D eigenvalue weighted by molar-refractivity contribution is 0.0576. The van der Waals surface area contributed by atoms with Crippen molar-refractivity contribution in [3.05, 3.63) is 88.5 Å². The van der Waals surface area contributed by atoms with Gasteiger partial charge >= 0.3 is 0 Å². The van der Waals surface area contributed by atoms with E-state index in [2.05, 4.69) is 21.3 Å². The van der Waals surface area contributed by atoms with Crippen LogP contribution >= 0.6 is 0 Å². The third-order valence-electron chi connectivity index (χ3n) is 8.07. The molecule has 2 saturated heterocycles. The first-order valence-electron chi connectivity index (χ1n) is 13.8. The van der Waals surface area contributed by atoms with Gasteiger partial charge in [0.1, 0.15) is 5.75 Å². The highest BCUT2D eigenvalue weighted by atomic mass is 19.1. The van der Waals surface area contributed by atoms with Crippen molar-refractivity contribution in [1.82, 2.24) is 20.1 Å². The molecule has 41 heavy (non-hydrogen) atoms. The smallest absolute Gasteiger partial charge is 0.253 e. The van der Waals surface area contributed by atoms with Crippen molar-refractivity contribution in [2.45, 2.75) is 44.2 Å². The molecule has 2 aliphatic rings. The van der Waals surface area contributed by atoms with E-state index in [1.807, 2.05) is 4.90 Å². The van der Waals surface area contributed by atoms with Gasteiger partial charge in [-0.05, 0) is 86.8 Å². The van der Waals surface area contributed by atoms with Crippen molar-refractivity contribution in [3.63, 3.8) is 0 Å². The minimum Gasteiger partial charge on any atom is -0.506 e. The van der Waals surface area contributed by atoms with Crippen LogP contribution in [0, 0.1) is 17.1 Å². The number of piperidine rings is 2. The number of pyridine rings is 1. The number of benzene rings is 2. The van der Waals surface area contributed by atoms with Gasteiger partial charge in [-0.25, -0.2) is 4.39 Å². The Morgan fingerprint density at radius 1 is 0.951 bits per heavy atom. The number of phenolic OH excluding ortho intramolecular Hbond substituents is 1. The van der Waals surface area contributed by atoms with Crippen molar-refractivity contribution in [2.75, 3.05) is 26.2 Å². The van der Waals surface area contributed by atoms with E-state index >= 15 is 0 Å². The zero-order valence-corrected chi connectivity index (χ0v) is 22.6. The van der Waals surface area contributed by atoms with Crippen LogP contribution in [0.2, 0.25) is 0 Å². The van der Waals surface area contributed by atoms with Crippen molar-refractivity contribution < 1.29 is 24.2 Å². The van der Waals surface area contributed by atoms with Crippen molar-refractivity contribution in [3.8, 4) is 17.6 Å². The maximum Gasteiger partial charge on any atom is 0.253 e. The fourth-order valence-corrected chi connectivity index (χ4v) is 5.70. The van der Waals surface area contributed by atoms with Gasteiger partial charge in [0, 0.05) is 43.4 Å². The Morgan fingerprint density at radius 2 is 1.66 bits per heavy atom. The summed E-state index contributed by atoms with van der Waals surface area (Å²) in [7, 11) is 0. The van der Waals surface area contributed by atoms with E-state index in [0.29, 0.717) is 41.5 Å². The number of nitrogens with one attached hydrogen (secondary N) is 1. The van der Waals surface area contributed by atoms with E-state index in [1.54, 1.807) is 24.3 Å². The summed E-state index contributed by atoms with van der Waals surface area (Å²) in [5.41, 5.74) is 2.49. The summed E-state index contributed by atoms with van der Waals surface area (Å²) in [6.45, 7) is 3.21. The molecule has 3 heterocycles. The summed E-state index contributed by atoms with van der Waals surface area (Å²) in [6, 6.07) is 14.5. The maximum atomic E-state index is 13.2. The second-order valence-corrected chi connectivity index (χ2v) is 10.6. The molecule has 212 valence electrons. The summed E-state index contributed by atoms with van der Waals surface area (Å²) in [5, 5.41) is 31.8. The van der Waals surface area contributed by atoms with Gasteiger partial charge in [0.05, 0.1) is 22.9 Å². The molecule has 2 amide bonds. The van der Waals surface area contributed by atoms with Crippen LogP contribution in [0.4, 0.5) is 4.39 Å². The molecule has 0 aliphatic carbocycles. The van der Waals surface area contributed by atoms with Gasteiger partial charge in [-0.15, -0.1) is 0 Å². The largest absolute Gasteiger partial charge is 0.506 e. The van der Waals surface area contributed by atoms with Crippen LogP contribution < -0.4 is 5.32 Å². The van der Waals surface area contributed by atoms with E-state index < -0.39 is 17.5 Å². The number of nitrogens with zero attached hydrogens (tertiary/aromatic N) is 4. The van der Waals surface area contributed by atoms with Crippen LogP contribution in [0.3, 0.4) is 0 Å². The number of halogens is 1. The number of likely N-dealkylation sites (tertiary alicyclic amines) is 2.